The SMILES string of the molecule is CC(C)COC(Cc1ccccc1)C(CNc1ncccn1)N1CCCC1. The zero-order valence-electron chi connectivity index (χ0n) is 16.6. The van der Waals surface area contributed by atoms with Crippen molar-refractivity contribution in [3.8, 4) is 0 Å². The van der Waals surface area contributed by atoms with Crippen molar-refractivity contribution in [3.63, 3.8) is 0 Å². The van der Waals surface area contributed by atoms with Crippen molar-refractivity contribution in [2.45, 2.75) is 45.3 Å². The number of nitrogens with zero attached hydrogens (tertiary/aromatic N) is 3. The molecule has 1 aliphatic heterocycles. The number of hydrogen-bond acceptors (Lipinski definition) is 5. The Morgan fingerprint density at radius 3 is 2.41 bits per heavy atom. The molecule has 1 fully saturated rings. The van der Waals surface area contributed by atoms with Gasteiger partial charge in [-0.05, 0) is 43.5 Å². The molecule has 0 radical (unpaired) electrons. The molecule has 1 aliphatic rings. The number of anilines is 1. The molecule has 2 atom stereocenters. The first-order valence-corrected chi connectivity index (χ1v) is 10.1. The van der Waals surface area contributed by atoms with E-state index in [0.29, 0.717) is 17.9 Å². The number of likely N-dealkylation sites (tertiary alicyclic amines) is 1. The molecule has 3 rings (SSSR count). The molecule has 0 saturated carbocycles. The molecule has 0 spiro atoms. The lowest BCUT2D eigenvalue weighted by Crippen LogP contribution is -2.49. The van der Waals surface area contributed by atoms with E-state index >= 15 is 0 Å². The Hall–Kier alpha value is -1.98. The van der Waals surface area contributed by atoms with Crippen LogP contribution in [0.2, 0.25) is 0 Å². The highest BCUT2D eigenvalue weighted by atomic mass is 16.5. The first-order valence-electron chi connectivity index (χ1n) is 10.1. The Labute approximate surface area is 163 Å². The molecule has 0 bridgehead atoms. The van der Waals surface area contributed by atoms with Crippen LogP contribution >= 0.6 is 0 Å². The summed E-state index contributed by atoms with van der Waals surface area (Å²) in [5.74, 6) is 1.21. The molecule has 5 heteroatoms. The van der Waals surface area contributed by atoms with Gasteiger partial charge in [0.25, 0.3) is 0 Å². The van der Waals surface area contributed by atoms with Gasteiger partial charge < -0.3 is 10.1 Å². The molecule has 2 heterocycles. The summed E-state index contributed by atoms with van der Waals surface area (Å²) >= 11 is 0. The minimum Gasteiger partial charge on any atom is -0.376 e. The van der Waals surface area contributed by atoms with Crippen molar-refractivity contribution in [3.05, 3.63) is 54.4 Å². The van der Waals surface area contributed by atoms with Gasteiger partial charge in [-0.25, -0.2) is 9.97 Å². The zero-order valence-corrected chi connectivity index (χ0v) is 16.6. The number of ether oxygens (including phenoxy) is 1. The maximum absolute atomic E-state index is 6.45. The summed E-state index contributed by atoms with van der Waals surface area (Å²) < 4.78 is 6.45. The average Bonchev–Trinajstić information content (AvgIpc) is 3.22. The monoisotopic (exact) mass is 368 g/mol. The predicted octanol–water partition coefficient (Wildman–Crippen LogP) is 3.64. The van der Waals surface area contributed by atoms with Gasteiger partial charge in [-0.15, -0.1) is 0 Å². The van der Waals surface area contributed by atoms with E-state index in [2.05, 4.69) is 64.4 Å². The molecule has 27 heavy (non-hydrogen) atoms. The third-order valence-corrected chi connectivity index (χ3v) is 5.00. The van der Waals surface area contributed by atoms with E-state index in [-0.39, 0.29) is 6.10 Å². The second kappa shape index (κ2) is 10.4. The molecule has 1 saturated heterocycles. The number of rotatable bonds is 10. The first-order chi connectivity index (χ1) is 13.2. The van der Waals surface area contributed by atoms with Crippen LogP contribution in [0, 0.1) is 5.92 Å². The van der Waals surface area contributed by atoms with Gasteiger partial charge in [0, 0.05) is 32.0 Å². The molecule has 1 N–H and O–H groups in total. The van der Waals surface area contributed by atoms with Crippen LogP contribution < -0.4 is 5.32 Å². The second-order valence-electron chi connectivity index (χ2n) is 7.72. The van der Waals surface area contributed by atoms with Crippen LogP contribution in [0.15, 0.2) is 48.8 Å². The van der Waals surface area contributed by atoms with Gasteiger partial charge >= 0.3 is 0 Å². The smallest absolute Gasteiger partial charge is 0.222 e. The maximum atomic E-state index is 6.45. The zero-order chi connectivity index (χ0) is 18.9. The predicted molar refractivity (Wildman–Crippen MR) is 110 cm³/mol. The Morgan fingerprint density at radius 1 is 1.04 bits per heavy atom. The number of benzene rings is 1. The van der Waals surface area contributed by atoms with Crippen molar-refractivity contribution in [1.82, 2.24) is 14.9 Å². The van der Waals surface area contributed by atoms with Crippen molar-refractivity contribution < 1.29 is 4.74 Å². The Kier molecular flexibility index (Phi) is 7.60. The number of hydrogen-bond donors (Lipinski definition) is 1. The van der Waals surface area contributed by atoms with Gasteiger partial charge in [0.1, 0.15) is 0 Å². The topological polar surface area (TPSA) is 50.3 Å². The summed E-state index contributed by atoms with van der Waals surface area (Å²) in [7, 11) is 0. The van der Waals surface area contributed by atoms with Gasteiger partial charge in [-0.1, -0.05) is 44.2 Å². The molecular formula is C22H32N4O. The Morgan fingerprint density at radius 2 is 1.74 bits per heavy atom. The molecule has 1 aromatic carbocycles. The van der Waals surface area contributed by atoms with Gasteiger partial charge in [-0.2, -0.15) is 0 Å². The largest absolute Gasteiger partial charge is 0.376 e. The van der Waals surface area contributed by atoms with E-state index in [1.165, 1.54) is 18.4 Å². The quantitative estimate of drug-likeness (QED) is 0.694. The third-order valence-electron chi connectivity index (χ3n) is 5.00. The fraction of sp³-hybridized carbons (Fsp3) is 0.545. The van der Waals surface area contributed by atoms with Gasteiger partial charge in [-0.3, -0.25) is 4.90 Å². The summed E-state index contributed by atoms with van der Waals surface area (Å²) in [6.45, 7) is 8.26. The van der Waals surface area contributed by atoms with Crippen LogP contribution in [0.5, 0.6) is 0 Å². The fourth-order valence-corrected chi connectivity index (χ4v) is 3.62. The molecule has 1 aromatic heterocycles. The standard InChI is InChI=1S/C22H32N4O/c1-18(2)17-27-21(15-19-9-4-3-5-10-19)20(26-13-6-7-14-26)16-25-22-23-11-8-12-24-22/h3-5,8-12,18,20-21H,6-7,13-17H2,1-2H3,(H,23,24,25). The van der Waals surface area contributed by atoms with E-state index < -0.39 is 0 Å². The molecular weight excluding hydrogens is 336 g/mol. The van der Waals surface area contributed by atoms with Gasteiger partial charge in [0.05, 0.1) is 12.1 Å². The molecule has 2 aromatic rings. The molecule has 0 amide bonds. The van der Waals surface area contributed by atoms with Crippen molar-refractivity contribution >= 4 is 5.95 Å². The molecule has 5 nitrogen and oxygen atoms in total. The van der Waals surface area contributed by atoms with Crippen LogP contribution in [0.3, 0.4) is 0 Å². The fourth-order valence-electron chi connectivity index (χ4n) is 3.62. The third kappa shape index (κ3) is 6.29. The summed E-state index contributed by atoms with van der Waals surface area (Å²) in [6.07, 6.45) is 7.14. The minimum absolute atomic E-state index is 0.143. The minimum atomic E-state index is 0.143. The second-order valence-corrected chi connectivity index (χ2v) is 7.72. The van der Waals surface area contributed by atoms with E-state index in [4.69, 9.17) is 4.74 Å². The lowest BCUT2D eigenvalue weighted by molar-refractivity contribution is -0.0153. The summed E-state index contributed by atoms with van der Waals surface area (Å²) in [5.41, 5.74) is 1.33. The normalized spacial score (nSPS) is 17.1. The van der Waals surface area contributed by atoms with E-state index in [9.17, 15) is 0 Å². The van der Waals surface area contributed by atoms with E-state index in [1.54, 1.807) is 12.4 Å². The van der Waals surface area contributed by atoms with E-state index in [1.807, 2.05) is 6.07 Å². The highest BCUT2D eigenvalue weighted by Crippen LogP contribution is 2.20. The lowest BCUT2D eigenvalue weighted by Gasteiger charge is -2.35. The Balaban J connectivity index is 1.74. The lowest BCUT2D eigenvalue weighted by atomic mass is 10.00. The van der Waals surface area contributed by atoms with Crippen LogP contribution in [0.25, 0.3) is 0 Å². The molecule has 2 unspecified atom stereocenters. The summed E-state index contributed by atoms with van der Waals surface area (Å²) in [5, 5.41) is 3.43. The van der Waals surface area contributed by atoms with Gasteiger partial charge in [0.15, 0.2) is 0 Å². The van der Waals surface area contributed by atoms with E-state index in [0.717, 1.165) is 32.7 Å². The Bertz CT molecular complexity index is 644. The number of aromatic nitrogens is 2. The van der Waals surface area contributed by atoms with Crippen LogP contribution in [0.4, 0.5) is 5.95 Å². The van der Waals surface area contributed by atoms with Crippen LogP contribution in [0.1, 0.15) is 32.3 Å². The van der Waals surface area contributed by atoms with Gasteiger partial charge in [0.2, 0.25) is 5.95 Å². The highest BCUT2D eigenvalue weighted by molar-refractivity contribution is 5.23. The first kappa shape index (κ1) is 19.8. The molecule has 0 aliphatic carbocycles. The van der Waals surface area contributed by atoms with Crippen LogP contribution in [-0.4, -0.2) is 53.3 Å². The molecule has 146 valence electrons. The van der Waals surface area contributed by atoms with Crippen LogP contribution in [-0.2, 0) is 11.2 Å². The van der Waals surface area contributed by atoms with Crippen molar-refractivity contribution in [2.24, 2.45) is 5.92 Å². The maximum Gasteiger partial charge on any atom is 0.222 e. The van der Waals surface area contributed by atoms with Crippen molar-refractivity contribution in [1.29, 1.82) is 0 Å². The highest BCUT2D eigenvalue weighted by Gasteiger charge is 2.30. The van der Waals surface area contributed by atoms with Crippen molar-refractivity contribution in [2.75, 3.05) is 31.6 Å². The number of nitrogens with one attached hydrogen (secondary N) is 1. The summed E-state index contributed by atoms with van der Waals surface area (Å²) in [4.78, 5) is 11.2. The summed E-state index contributed by atoms with van der Waals surface area (Å²) in [6, 6.07) is 12.8. The average molecular weight is 369 g/mol.